The van der Waals surface area contributed by atoms with Crippen molar-refractivity contribution >= 4 is 61.3 Å². The summed E-state index contributed by atoms with van der Waals surface area (Å²) in [7, 11) is 0. The Kier molecular flexibility index (Phi) is 3.68. The topological polar surface area (TPSA) is 73.4 Å². The van der Waals surface area contributed by atoms with Gasteiger partial charge in [-0.15, -0.1) is 22.7 Å². The van der Waals surface area contributed by atoms with E-state index in [4.69, 9.17) is 22.8 Å². The Morgan fingerprint density at radius 1 is 1.35 bits per heavy atom. The van der Waals surface area contributed by atoms with Crippen LogP contribution in [-0.4, -0.2) is 21.0 Å². The van der Waals surface area contributed by atoms with E-state index >= 15 is 0 Å². The Hall–Kier alpha value is -1.90. The maximum absolute atomic E-state index is 5.49. The van der Waals surface area contributed by atoms with E-state index in [1.807, 2.05) is 24.3 Å². The molecule has 1 aromatic carbocycles. The van der Waals surface area contributed by atoms with Crippen LogP contribution in [0.5, 0.6) is 5.88 Å². The zero-order valence-electron chi connectivity index (χ0n) is 10.0. The molecule has 0 unspecified atom stereocenters. The summed E-state index contributed by atoms with van der Waals surface area (Å²) in [5.74, 6) is 0.357. The largest absolute Gasteiger partial charge is 0.375 e. The van der Waals surface area contributed by atoms with Gasteiger partial charge in [0.05, 0.1) is 26.7 Å². The molecule has 0 aliphatic rings. The number of hydrogen-bond donors (Lipinski definition) is 1. The van der Waals surface area contributed by atoms with Crippen LogP contribution in [0.4, 0.5) is 5.13 Å². The van der Waals surface area contributed by atoms with Gasteiger partial charge in [0.15, 0.2) is 5.13 Å². The minimum Gasteiger partial charge on any atom is -0.375 e. The number of nitrogens with zero attached hydrogens (tertiary/aromatic N) is 3. The van der Waals surface area contributed by atoms with Crippen molar-refractivity contribution in [1.29, 1.82) is 0 Å². The molecule has 0 aliphatic heterocycles. The SMILES string of the molecule is Nc1nc(ON=CC(=S)c2nc3ccccc3s2)cs1. The Bertz CT molecular complexity index is 760. The van der Waals surface area contributed by atoms with Gasteiger partial charge >= 0.3 is 0 Å². The zero-order valence-corrected chi connectivity index (χ0v) is 12.5. The van der Waals surface area contributed by atoms with Crippen molar-refractivity contribution in [2.24, 2.45) is 5.16 Å². The molecule has 0 spiro atoms. The Labute approximate surface area is 127 Å². The molecule has 2 heterocycles. The molecule has 0 atom stereocenters. The third-order valence-electron chi connectivity index (χ3n) is 2.32. The van der Waals surface area contributed by atoms with Crippen molar-refractivity contribution in [2.75, 3.05) is 5.73 Å². The summed E-state index contributed by atoms with van der Waals surface area (Å²) < 4.78 is 1.09. The second-order valence-corrected chi connectivity index (χ2v) is 6.06. The van der Waals surface area contributed by atoms with Gasteiger partial charge in [0.25, 0.3) is 5.88 Å². The van der Waals surface area contributed by atoms with E-state index in [-0.39, 0.29) is 0 Å². The van der Waals surface area contributed by atoms with Crippen molar-refractivity contribution in [1.82, 2.24) is 9.97 Å². The number of hydrogen-bond acceptors (Lipinski definition) is 8. The molecule has 3 aromatic rings. The summed E-state index contributed by atoms with van der Waals surface area (Å²) >= 11 is 8.07. The molecule has 0 saturated carbocycles. The van der Waals surface area contributed by atoms with E-state index in [1.54, 1.807) is 5.38 Å². The second kappa shape index (κ2) is 5.61. The number of thiazole rings is 2. The molecule has 0 saturated heterocycles. The minimum absolute atomic E-state index is 0.357. The molecule has 100 valence electrons. The average Bonchev–Trinajstić information content (AvgIpc) is 3.04. The van der Waals surface area contributed by atoms with Gasteiger partial charge in [0.1, 0.15) is 5.01 Å². The lowest BCUT2D eigenvalue weighted by Gasteiger charge is -1.91. The van der Waals surface area contributed by atoms with Crippen LogP contribution in [0.25, 0.3) is 10.2 Å². The van der Waals surface area contributed by atoms with Gasteiger partial charge in [-0.2, -0.15) is 4.98 Å². The highest BCUT2D eigenvalue weighted by Crippen LogP contribution is 2.22. The summed E-state index contributed by atoms with van der Waals surface area (Å²) in [5, 5.41) is 6.64. The summed E-state index contributed by atoms with van der Waals surface area (Å²) in [4.78, 5) is 14.0. The van der Waals surface area contributed by atoms with Gasteiger partial charge in [0.2, 0.25) is 0 Å². The van der Waals surface area contributed by atoms with Crippen molar-refractivity contribution < 1.29 is 4.84 Å². The number of nitrogens with two attached hydrogens (primary N) is 1. The molecule has 8 heteroatoms. The Morgan fingerprint density at radius 3 is 2.95 bits per heavy atom. The molecule has 5 nitrogen and oxygen atoms in total. The lowest BCUT2D eigenvalue weighted by atomic mass is 10.3. The molecule has 2 N–H and O–H groups in total. The lowest BCUT2D eigenvalue weighted by Crippen LogP contribution is -1.99. The number of thiocarbonyl (C=S) groups is 1. The van der Waals surface area contributed by atoms with Gasteiger partial charge < -0.3 is 10.6 Å². The van der Waals surface area contributed by atoms with Gasteiger partial charge in [0, 0.05) is 0 Å². The predicted octanol–water partition coefficient (Wildman–Crippen LogP) is 3.12. The van der Waals surface area contributed by atoms with E-state index in [0.717, 1.165) is 15.2 Å². The highest BCUT2D eigenvalue weighted by molar-refractivity contribution is 7.82. The molecular weight excluding hydrogens is 312 g/mol. The van der Waals surface area contributed by atoms with Crippen molar-refractivity contribution in [3.05, 3.63) is 34.7 Å². The maximum atomic E-state index is 5.49. The van der Waals surface area contributed by atoms with E-state index in [1.165, 1.54) is 28.9 Å². The number of rotatable bonds is 4. The Morgan fingerprint density at radius 2 is 2.20 bits per heavy atom. The fourth-order valence-corrected chi connectivity index (χ4v) is 3.02. The second-order valence-electron chi connectivity index (χ2n) is 3.70. The summed E-state index contributed by atoms with van der Waals surface area (Å²) in [6, 6.07) is 7.87. The summed E-state index contributed by atoms with van der Waals surface area (Å²) in [6.45, 7) is 0. The first kappa shape index (κ1) is 13.1. The van der Waals surface area contributed by atoms with Gasteiger partial charge in [-0.1, -0.05) is 29.5 Å². The molecule has 2 aromatic heterocycles. The number of para-hydroxylation sites is 1. The number of benzene rings is 1. The van der Waals surface area contributed by atoms with Crippen LogP contribution in [0, 0.1) is 0 Å². The summed E-state index contributed by atoms with van der Waals surface area (Å²) in [6.07, 6.45) is 1.45. The number of anilines is 1. The third-order valence-corrected chi connectivity index (χ3v) is 4.47. The molecule has 0 radical (unpaired) electrons. The zero-order chi connectivity index (χ0) is 13.9. The van der Waals surface area contributed by atoms with E-state index in [0.29, 0.717) is 15.9 Å². The van der Waals surface area contributed by atoms with Crippen LogP contribution in [-0.2, 0) is 0 Å². The van der Waals surface area contributed by atoms with E-state index < -0.39 is 0 Å². The van der Waals surface area contributed by atoms with Crippen LogP contribution in [0.1, 0.15) is 5.01 Å². The van der Waals surface area contributed by atoms with E-state index in [9.17, 15) is 0 Å². The van der Waals surface area contributed by atoms with Crippen LogP contribution in [0.15, 0.2) is 34.8 Å². The van der Waals surface area contributed by atoms with Crippen molar-refractivity contribution in [2.45, 2.75) is 0 Å². The molecule has 0 amide bonds. The minimum atomic E-state index is 0.357. The molecule has 0 bridgehead atoms. The molecule has 3 rings (SSSR count). The van der Waals surface area contributed by atoms with Crippen LogP contribution in [0.3, 0.4) is 0 Å². The Balaban J connectivity index is 1.72. The van der Waals surface area contributed by atoms with Crippen LogP contribution >= 0.6 is 34.9 Å². The van der Waals surface area contributed by atoms with Gasteiger partial charge in [-0.3, -0.25) is 0 Å². The first-order valence-electron chi connectivity index (χ1n) is 5.53. The number of oxime groups is 1. The summed E-state index contributed by atoms with van der Waals surface area (Å²) in [5.41, 5.74) is 6.41. The van der Waals surface area contributed by atoms with E-state index in [2.05, 4.69) is 15.1 Å². The number of nitrogen functional groups attached to an aromatic ring is 1. The standard InChI is InChI=1S/C12H8N4OS3/c13-12-16-10(6-19-12)17-14-5-8(18)11-15-7-3-1-2-4-9(7)20-11/h1-6H,(H2,13,16). The van der Waals surface area contributed by atoms with Crippen molar-refractivity contribution in [3.8, 4) is 5.88 Å². The molecule has 0 fully saturated rings. The van der Waals surface area contributed by atoms with Crippen LogP contribution < -0.4 is 10.6 Å². The highest BCUT2D eigenvalue weighted by Gasteiger charge is 2.06. The normalized spacial score (nSPS) is 11.2. The highest BCUT2D eigenvalue weighted by atomic mass is 32.1. The maximum Gasteiger partial charge on any atom is 0.261 e. The van der Waals surface area contributed by atoms with Crippen molar-refractivity contribution in [3.63, 3.8) is 0 Å². The lowest BCUT2D eigenvalue weighted by molar-refractivity contribution is 0.333. The van der Waals surface area contributed by atoms with Gasteiger partial charge in [-0.05, 0) is 12.1 Å². The smallest absolute Gasteiger partial charge is 0.261 e. The first-order valence-corrected chi connectivity index (χ1v) is 7.64. The average molecular weight is 320 g/mol. The molecule has 0 aliphatic carbocycles. The monoisotopic (exact) mass is 320 g/mol. The first-order chi connectivity index (χ1) is 9.72. The third kappa shape index (κ3) is 2.82. The van der Waals surface area contributed by atoms with Crippen LogP contribution in [0.2, 0.25) is 0 Å². The van der Waals surface area contributed by atoms with Gasteiger partial charge in [-0.25, -0.2) is 4.98 Å². The quantitative estimate of drug-likeness (QED) is 0.346. The molecule has 20 heavy (non-hydrogen) atoms. The predicted molar refractivity (Wildman–Crippen MR) is 87.0 cm³/mol. The molecular formula is C12H8N4OS3. The fourth-order valence-electron chi connectivity index (χ4n) is 1.48. The fraction of sp³-hybridized carbons (Fsp3) is 0. The number of fused-ring (bicyclic) bond motifs is 1. The number of aromatic nitrogens is 2.